The Balaban J connectivity index is 2.82. The van der Waals surface area contributed by atoms with Crippen molar-refractivity contribution in [2.75, 3.05) is 20.3 Å². The number of benzene rings is 1. The molecule has 1 aromatic carbocycles. The van der Waals surface area contributed by atoms with Crippen molar-refractivity contribution in [2.45, 2.75) is 33.2 Å². The van der Waals surface area contributed by atoms with Gasteiger partial charge in [0.15, 0.2) is 11.5 Å². The maximum absolute atomic E-state index is 6.24. The molecule has 0 unspecified atom stereocenters. The van der Waals surface area contributed by atoms with Crippen molar-refractivity contribution in [3.63, 3.8) is 0 Å². The van der Waals surface area contributed by atoms with Crippen LogP contribution in [0.25, 0.3) is 0 Å². The number of hydrogen-bond donors (Lipinski definition) is 1. The fraction of sp³-hybridized carbons (Fsp3) is 0.571. The molecule has 0 aliphatic heterocycles. The summed E-state index contributed by atoms with van der Waals surface area (Å²) in [5, 5.41) is 3.87. The van der Waals surface area contributed by atoms with E-state index < -0.39 is 0 Å². The highest BCUT2D eigenvalue weighted by Gasteiger charge is 2.11. The van der Waals surface area contributed by atoms with E-state index in [0.29, 0.717) is 23.1 Å². The molecule has 0 amide bonds. The summed E-state index contributed by atoms with van der Waals surface area (Å²) < 4.78 is 11.0. The summed E-state index contributed by atoms with van der Waals surface area (Å²) in [6, 6.07) is 3.89. The van der Waals surface area contributed by atoms with Crippen molar-refractivity contribution >= 4 is 11.6 Å². The van der Waals surface area contributed by atoms with E-state index in [1.807, 2.05) is 12.1 Å². The highest BCUT2D eigenvalue weighted by molar-refractivity contribution is 6.32. The normalized spacial score (nSPS) is 10.4. The lowest BCUT2D eigenvalue weighted by atomic mass is 10.2. The van der Waals surface area contributed by atoms with Crippen LogP contribution in [0, 0.1) is 0 Å². The third-order valence-corrected chi connectivity index (χ3v) is 2.89. The quantitative estimate of drug-likeness (QED) is 0.733. The van der Waals surface area contributed by atoms with E-state index in [0.717, 1.165) is 31.5 Å². The lowest BCUT2D eigenvalue weighted by Gasteiger charge is -2.14. The van der Waals surface area contributed by atoms with E-state index in [2.05, 4.69) is 19.2 Å². The first kappa shape index (κ1) is 15.1. The number of nitrogens with one attached hydrogen (secondary N) is 1. The zero-order valence-corrected chi connectivity index (χ0v) is 12.1. The van der Waals surface area contributed by atoms with E-state index in [4.69, 9.17) is 21.1 Å². The van der Waals surface area contributed by atoms with E-state index in [1.165, 1.54) is 0 Å². The molecule has 0 spiro atoms. The summed E-state index contributed by atoms with van der Waals surface area (Å²) in [5.41, 5.74) is 1.10. The second-order valence-corrected chi connectivity index (χ2v) is 4.50. The van der Waals surface area contributed by atoms with Gasteiger partial charge in [0.2, 0.25) is 0 Å². The van der Waals surface area contributed by atoms with E-state index in [9.17, 15) is 0 Å². The minimum Gasteiger partial charge on any atom is -0.493 e. The Bertz CT molecular complexity index is 369. The van der Waals surface area contributed by atoms with Crippen molar-refractivity contribution in [2.24, 2.45) is 0 Å². The molecular weight excluding hydrogens is 250 g/mol. The van der Waals surface area contributed by atoms with Gasteiger partial charge >= 0.3 is 0 Å². The summed E-state index contributed by atoms with van der Waals surface area (Å²) in [5.74, 6) is 1.35. The number of methoxy groups -OCH3 is 1. The standard InChI is InChI=1S/C14H22ClNO2/c1-4-6-7-18-14-12(15)8-11(10-16-5-2)9-13(14)17-3/h8-9,16H,4-7,10H2,1-3H3. The molecule has 0 aliphatic carbocycles. The summed E-state index contributed by atoms with van der Waals surface area (Å²) in [7, 11) is 1.63. The van der Waals surface area contributed by atoms with Crippen LogP contribution in [0.3, 0.4) is 0 Å². The van der Waals surface area contributed by atoms with Gasteiger partial charge in [0, 0.05) is 6.54 Å². The number of hydrogen-bond acceptors (Lipinski definition) is 3. The molecule has 0 heterocycles. The Kier molecular flexibility index (Phi) is 6.91. The van der Waals surface area contributed by atoms with Gasteiger partial charge in [-0.2, -0.15) is 0 Å². The second kappa shape index (κ2) is 8.22. The molecule has 4 heteroatoms. The molecule has 0 aliphatic rings. The third-order valence-electron chi connectivity index (χ3n) is 2.61. The average Bonchev–Trinajstić information content (AvgIpc) is 2.38. The molecule has 0 atom stereocenters. The molecule has 0 saturated carbocycles. The predicted molar refractivity (Wildman–Crippen MR) is 75.8 cm³/mol. The monoisotopic (exact) mass is 271 g/mol. The van der Waals surface area contributed by atoms with Gasteiger partial charge < -0.3 is 14.8 Å². The number of halogens is 1. The Hall–Kier alpha value is -0.930. The molecule has 102 valence electrons. The van der Waals surface area contributed by atoms with Crippen molar-refractivity contribution in [1.82, 2.24) is 5.32 Å². The van der Waals surface area contributed by atoms with Gasteiger partial charge in [-0.25, -0.2) is 0 Å². The minimum atomic E-state index is 0.610. The zero-order chi connectivity index (χ0) is 13.4. The van der Waals surface area contributed by atoms with Crippen LogP contribution in [0.5, 0.6) is 11.5 Å². The topological polar surface area (TPSA) is 30.5 Å². The van der Waals surface area contributed by atoms with Crippen molar-refractivity contribution in [1.29, 1.82) is 0 Å². The maximum atomic E-state index is 6.24. The van der Waals surface area contributed by atoms with E-state index in [1.54, 1.807) is 7.11 Å². The number of rotatable bonds is 8. The summed E-state index contributed by atoms with van der Waals surface area (Å²) in [6.07, 6.45) is 2.11. The van der Waals surface area contributed by atoms with Crippen LogP contribution in [-0.2, 0) is 6.54 Å². The van der Waals surface area contributed by atoms with E-state index in [-0.39, 0.29) is 0 Å². The smallest absolute Gasteiger partial charge is 0.179 e. The Labute approximate surface area is 114 Å². The third kappa shape index (κ3) is 4.39. The lowest BCUT2D eigenvalue weighted by Crippen LogP contribution is -2.12. The van der Waals surface area contributed by atoms with Crippen LogP contribution in [0.4, 0.5) is 0 Å². The van der Waals surface area contributed by atoms with Crippen molar-refractivity contribution in [3.05, 3.63) is 22.7 Å². The SMILES string of the molecule is CCCCOc1c(Cl)cc(CNCC)cc1OC. The van der Waals surface area contributed by atoms with Gasteiger partial charge in [0.05, 0.1) is 18.7 Å². The van der Waals surface area contributed by atoms with Gasteiger partial charge in [0.1, 0.15) is 0 Å². The fourth-order valence-corrected chi connectivity index (χ4v) is 1.89. The summed E-state index contributed by atoms with van der Waals surface area (Å²) in [6.45, 7) is 6.57. The molecule has 0 saturated heterocycles. The molecular formula is C14H22ClNO2. The second-order valence-electron chi connectivity index (χ2n) is 4.09. The molecule has 0 radical (unpaired) electrons. The molecule has 3 nitrogen and oxygen atoms in total. The molecule has 0 bridgehead atoms. The van der Waals surface area contributed by atoms with Crippen LogP contribution < -0.4 is 14.8 Å². The van der Waals surface area contributed by atoms with Crippen molar-refractivity contribution < 1.29 is 9.47 Å². The summed E-state index contributed by atoms with van der Waals surface area (Å²) >= 11 is 6.24. The van der Waals surface area contributed by atoms with Crippen LogP contribution >= 0.6 is 11.6 Å². The number of unbranched alkanes of at least 4 members (excludes halogenated alkanes) is 1. The van der Waals surface area contributed by atoms with Gasteiger partial charge in [-0.15, -0.1) is 0 Å². The maximum Gasteiger partial charge on any atom is 0.179 e. The van der Waals surface area contributed by atoms with Crippen LogP contribution in [0.2, 0.25) is 5.02 Å². The lowest BCUT2D eigenvalue weighted by molar-refractivity contribution is 0.288. The molecule has 0 fully saturated rings. The molecule has 1 rings (SSSR count). The van der Waals surface area contributed by atoms with Gasteiger partial charge in [0.25, 0.3) is 0 Å². The number of ether oxygens (including phenoxy) is 2. The highest BCUT2D eigenvalue weighted by Crippen LogP contribution is 2.36. The first-order chi connectivity index (χ1) is 8.72. The zero-order valence-electron chi connectivity index (χ0n) is 11.4. The predicted octanol–water partition coefficient (Wildman–Crippen LogP) is 3.64. The minimum absolute atomic E-state index is 0.610. The Morgan fingerprint density at radius 3 is 2.67 bits per heavy atom. The van der Waals surface area contributed by atoms with Crippen LogP contribution in [0.1, 0.15) is 32.3 Å². The summed E-state index contributed by atoms with van der Waals surface area (Å²) in [4.78, 5) is 0. The largest absolute Gasteiger partial charge is 0.493 e. The molecule has 18 heavy (non-hydrogen) atoms. The average molecular weight is 272 g/mol. The fourth-order valence-electron chi connectivity index (χ4n) is 1.60. The van der Waals surface area contributed by atoms with Crippen LogP contribution in [-0.4, -0.2) is 20.3 Å². The van der Waals surface area contributed by atoms with Crippen LogP contribution in [0.15, 0.2) is 12.1 Å². The molecule has 1 aromatic rings. The van der Waals surface area contributed by atoms with Gasteiger partial charge in [-0.1, -0.05) is 31.9 Å². The van der Waals surface area contributed by atoms with E-state index >= 15 is 0 Å². The molecule has 1 N–H and O–H groups in total. The first-order valence-corrected chi connectivity index (χ1v) is 6.80. The highest BCUT2D eigenvalue weighted by atomic mass is 35.5. The Morgan fingerprint density at radius 1 is 1.28 bits per heavy atom. The van der Waals surface area contributed by atoms with Crippen molar-refractivity contribution in [3.8, 4) is 11.5 Å². The first-order valence-electron chi connectivity index (χ1n) is 6.42. The van der Waals surface area contributed by atoms with Gasteiger partial charge in [-0.3, -0.25) is 0 Å². The molecule has 0 aromatic heterocycles. The van der Waals surface area contributed by atoms with Gasteiger partial charge in [-0.05, 0) is 30.7 Å². The Morgan fingerprint density at radius 2 is 2.06 bits per heavy atom.